The first kappa shape index (κ1) is 65.6. The molecular weight excluding hydrogens is 1100 g/mol. The Morgan fingerprint density at radius 3 is 1.19 bits per heavy atom. The number of hydrogen-bond acceptors (Lipinski definition) is 11. The van der Waals surface area contributed by atoms with Gasteiger partial charge in [-0.05, 0) is 168 Å². The van der Waals surface area contributed by atoms with Crippen LogP contribution in [0.1, 0.15) is 141 Å². The van der Waals surface area contributed by atoms with E-state index >= 15 is 0 Å². The van der Waals surface area contributed by atoms with Gasteiger partial charge in [-0.15, -0.1) is 11.6 Å². The number of carbonyl (C=O) groups is 3. The van der Waals surface area contributed by atoms with Gasteiger partial charge in [0.2, 0.25) is 0 Å². The fraction of sp³-hybridized carbons (Fsp3) is 0.604. The van der Waals surface area contributed by atoms with Crippen LogP contribution in [0.15, 0.2) is 31.6 Å². The van der Waals surface area contributed by atoms with E-state index in [4.69, 9.17) is 35.7 Å². The number of aromatic hydroxyl groups is 4. The average molecular weight is 1180 g/mol. The average Bonchev–Trinajstić information content (AvgIpc) is 3.26. The summed E-state index contributed by atoms with van der Waals surface area (Å²) in [6, 6.07) is 5.59. The fourth-order valence-electron chi connectivity index (χ4n) is 5.95. The predicted molar refractivity (Wildman–Crippen MR) is 287 cm³/mol. The zero-order valence-corrected chi connectivity index (χ0v) is 49.3. The number of carbonyl (C=O) groups excluding carboxylic acids is 2. The Bertz CT molecular complexity index is 2110. The van der Waals surface area contributed by atoms with Crippen LogP contribution in [0.4, 0.5) is 0 Å². The van der Waals surface area contributed by atoms with Gasteiger partial charge in [0.25, 0.3) is 0 Å². The molecule has 3 rings (SSSR count). The van der Waals surface area contributed by atoms with Crippen molar-refractivity contribution in [1.29, 1.82) is 0 Å². The first-order chi connectivity index (χ1) is 31.7. The van der Waals surface area contributed by atoms with Crippen molar-refractivity contribution in [2.75, 3.05) is 32.3 Å². The molecule has 0 atom stereocenters. The molecule has 0 aromatic heterocycles. The van der Waals surface area contributed by atoms with Crippen LogP contribution in [-0.4, -0.2) is 75.7 Å². The molecular formula is C53H80Br3ClO12. The van der Waals surface area contributed by atoms with E-state index in [0.717, 1.165) is 48.5 Å². The molecule has 0 amide bonds. The van der Waals surface area contributed by atoms with Gasteiger partial charge >= 0.3 is 17.9 Å². The highest BCUT2D eigenvalue weighted by Gasteiger charge is 2.30. The number of carboxylic acid groups (broad SMARTS) is 1. The first-order valence-corrected chi connectivity index (χ1v) is 26.1. The maximum absolute atomic E-state index is 12.1. The number of phenolic OH excluding ortho intramolecular Hbond substituents is 4. The number of carboxylic acids is 1. The van der Waals surface area contributed by atoms with Crippen LogP contribution in [0, 0.1) is 69.6 Å². The number of alkyl halides is 1. The Labute approximate surface area is 442 Å². The molecule has 0 bridgehead atoms. The topological polar surface area (TPSA) is 189 Å². The molecule has 5 N–H and O–H groups in total. The molecule has 69 heavy (non-hydrogen) atoms. The van der Waals surface area contributed by atoms with Gasteiger partial charge < -0.3 is 44.5 Å². The Morgan fingerprint density at radius 2 is 0.855 bits per heavy atom. The number of aliphatic carboxylic acids is 1. The van der Waals surface area contributed by atoms with Crippen molar-refractivity contribution in [2.24, 2.45) is 28.1 Å². The van der Waals surface area contributed by atoms with Crippen molar-refractivity contribution in [1.82, 2.24) is 0 Å². The number of hydrogen-bond donors (Lipinski definition) is 5. The van der Waals surface area contributed by atoms with Gasteiger partial charge in [0.1, 0.15) is 0 Å². The van der Waals surface area contributed by atoms with Crippen molar-refractivity contribution in [3.05, 3.63) is 65.0 Å². The van der Waals surface area contributed by atoms with E-state index < -0.39 is 22.2 Å². The monoisotopic (exact) mass is 1180 g/mol. The Kier molecular flexibility index (Phi) is 29.0. The summed E-state index contributed by atoms with van der Waals surface area (Å²) in [5.41, 5.74) is 2.85. The maximum Gasteiger partial charge on any atom is 0.311 e. The van der Waals surface area contributed by atoms with Crippen molar-refractivity contribution in [3.8, 4) is 34.5 Å². The van der Waals surface area contributed by atoms with E-state index in [0.29, 0.717) is 92.5 Å². The van der Waals surface area contributed by atoms with Crippen molar-refractivity contribution < 1.29 is 58.9 Å². The van der Waals surface area contributed by atoms with Crippen LogP contribution in [0.2, 0.25) is 0 Å². The number of rotatable bonds is 20. The Balaban J connectivity index is 0.000000930. The van der Waals surface area contributed by atoms with E-state index in [1.54, 1.807) is 40.7 Å². The smallest absolute Gasteiger partial charge is 0.311 e. The summed E-state index contributed by atoms with van der Waals surface area (Å²) in [5.74, 6) is 1.43. The van der Waals surface area contributed by atoms with E-state index in [1.165, 1.54) is 0 Å². The lowest BCUT2D eigenvalue weighted by Crippen LogP contribution is -2.28. The van der Waals surface area contributed by atoms with Gasteiger partial charge in [-0.3, -0.25) is 14.4 Å². The van der Waals surface area contributed by atoms with Crippen LogP contribution < -0.4 is 9.47 Å². The molecule has 12 nitrogen and oxygen atoms in total. The summed E-state index contributed by atoms with van der Waals surface area (Å²) < 4.78 is 24.4. The maximum atomic E-state index is 12.1. The van der Waals surface area contributed by atoms with Gasteiger partial charge in [0, 0.05) is 36.0 Å². The normalized spacial score (nSPS) is 11.4. The molecule has 0 saturated carbocycles. The van der Waals surface area contributed by atoms with Gasteiger partial charge in [0.05, 0.1) is 42.7 Å². The highest BCUT2D eigenvalue weighted by Crippen LogP contribution is 2.40. The van der Waals surface area contributed by atoms with Crippen LogP contribution >= 0.6 is 59.4 Å². The van der Waals surface area contributed by atoms with Crippen molar-refractivity contribution >= 4 is 77.3 Å². The predicted octanol–water partition coefficient (Wildman–Crippen LogP) is 14.9. The Hall–Kier alpha value is -3.40. The standard InChI is InChI=1S/C19H29BrO4.C15H21BrO4.C11H21ClO2.C8H9BrO2/c1-12(2)11-24-18(22)19(5,6)8-7-9-23-17-13(3)10-15(20)14(4)16(17)21;1-9-8-11(16)10(2)12(17)13(9)20-7-5-6-15(3,4)14(18)19;1-9(2)8-14-10(13)11(3,4)6-5-7-12;1-4-3-6(9)5(2)8(11)7(4)10/h10,12,21H,7-9,11H2,1-6H3;8,17H,5-7H2,1-4H3,(H,18,19);9H,5-8H2,1-4H3;3,10-11H,1-2H3. The minimum absolute atomic E-state index is 0.0364. The molecule has 3 aromatic carbocycles. The number of esters is 2. The SMILES string of the molecule is CC(C)COC(=O)C(C)(C)CCCCl.Cc1cc(Br)c(C)c(O)c1O.Cc1cc(Br)c(C)c(O)c1OCCCC(C)(C)C(=O)O.Cc1cc(Br)c(C)c(O)c1OCCCC(C)(C)C(=O)OCC(C)C. The highest BCUT2D eigenvalue weighted by molar-refractivity contribution is 9.11. The van der Waals surface area contributed by atoms with E-state index in [1.807, 2.05) is 88.3 Å². The Morgan fingerprint density at radius 1 is 0.536 bits per heavy atom. The van der Waals surface area contributed by atoms with Crippen LogP contribution in [-0.2, 0) is 23.9 Å². The quantitative estimate of drug-likeness (QED) is 0.0312. The molecule has 0 aliphatic heterocycles. The summed E-state index contributed by atoms with van der Waals surface area (Å²) in [6.07, 6.45) is 4.15. The third-order valence-corrected chi connectivity index (χ3v) is 13.8. The molecule has 0 aliphatic carbocycles. The van der Waals surface area contributed by atoms with Crippen molar-refractivity contribution in [2.45, 2.75) is 149 Å². The number of phenols is 4. The highest BCUT2D eigenvalue weighted by atomic mass is 79.9. The molecule has 0 saturated heterocycles. The van der Waals surface area contributed by atoms with Crippen molar-refractivity contribution in [3.63, 3.8) is 0 Å². The summed E-state index contributed by atoms with van der Waals surface area (Å²) in [4.78, 5) is 34.7. The van der Waals surface area contributed by atoms with Gasteiger partial charge in [-0.25, -0.2) is 0 Å². The molecule has 0 fully saturated rings. The van der Waals surface area contributed by atoms with Crippen LogP contribution in [0.25, 0.3) is 0 Å². The second-order valence-electron chi connectivity index (χ2n) is 20.1. The third-order valence-electron chi connectivity index (χ3n) is 11.0. The second kappa shape index (κ2) is 30.5. The van der Waals surface area contributed by atoms with Gasteiger partial charge in [-0.1, -0.05) is 75.5 Å². The summed E-state index contributed by atoms with van der Waals surface area (Å²) in [6.45, 7) is 31.7. The number of ether oxygens (including phenoxy) is 4. The number of halogens is 4. The van der Waals surface area contributed by atoms with Gasteiger partial charge in [-0.2, -0.15) is 0 Å². The molecule has 0 unspecified atom stereocenters. The lowest BCUT2D eigenvalue weighted by atomic mass is 9.88. The molecule has 0 aliphatic rings. The minimum Gasteiger partial charge on any atom is -0.504 e. The van der Waals surface area contributed by atoms with E-state index in [9.17, 15) is 34.8 Å². The van der Waals surface area contributed by atoms with Gasteiger partial charge in [0.15, 0.2) is 34.5 Å². The second-order valence-corrected chi connectivity index (χ2v) is 23.0. The largest absolute Gasteiger partial charge is 0.504 e. The molecule has 0 heterocycles. The summed E-state index contributed by atoms with van der Waals surface area (Å²) in [5, 5.41) is 47.8. The molecule has 0 radical (unpaired) electrons. The molecule has 0 spiro atoms. The third kappa shape index (κ3) is 22.7. The van der Waals surface area contributed by atoms with Crippen LogP contribution in [0.3, 0.4) is 0 Å². The number of benzene rings is 3. The van der Waals surface area contributed by atoms with E-state index in [-0.39, 0.29) is 34.9 Å². The first-order valence-electron chi connectivity index (χ1n) is 23.2. The van der Waals surface area contributed by atoms with Crippen LogP contribution in [0.5, 0.6) is 34.5 Å². The fourth-order valence-corrected chi connectivity index (χ4v) is 7.68. The number of aryl methyl sites for hydroxylation is 3. The zero-order valence-electron chi connectivity index (χ0n) is 43.8. The van der Waals surface area contributed by atoms with E-state index in [2.05, 4.69) is 47.8 Å². The summed E-state index contributed by atoms with van der Waals surface area (Å²) in [7, 11) is 0. The molecule has 3 aromatic rings. The molecule has 392 valence electrons. The lowest BCUT2D eigenvalue weighted by molar-refractivity contribution is -0.156. The summed E-state index contributed by atoms with van der Waals surface area (Å²) >= 11 is 15.6. The zero-order chi connectivity index (χ0) is 53.8. The minimum atomic E-state index is -0.809. The lowest BCUT2D eigenvalue weighted by Gasteiger charge is -2.23. The molecule has 16 heteroatoms.